The summed E-state index contributed by atoms with van der Waals surface area (Å²) in [5.74, 6) is 0.806. The van der Waals surface area contributed by atoms with Crippen LogP contribution < -0.4 is 4.74 Å². The number of rotatable bonds is 5. The lowest BCUT2D eigenvalue weighted by molar-refractivity contribution is 0.0699. The Bertz CT molecular complexity index is 440. The first kappa shape index (κ1) is 13.9. The number of hydrogen-bond acceptors (Lipinski definition) is 4. The van der Waals surface area contributed by atoms with Crippen LogP contribution in [0, 0.1) is 0 Å². The summed E-state index contributed by atoms with van der Waals surface area (Å²) in [6, 6.07) is 8.59. The summed E-state index contributed by atoms with van der Waals surface area (Å²) in [6.07, 6.45) is 2.33. The van der Waals surface area contributed by atoms with Gasteiger partial charge in [0.05, 0.1) is 13.2 Å². The summed E-state index contributed by atoms with van der Waals surface area (Å²) in [7, 11) is 1.66. The van der Waals surface area contributed by atoms with Crippen molar-refractivity contribution in [3.05, 3.63) is 29.8 Å². The zero-order valence-electron chi connectivity index (χ0n) is 12.2. The van der Waals surface area contributed by atoms with Crippen LogP contribution >= 0.6 is 0 Å². The van der Waals surface area contributed by atoms with Crippen molar-refractivity contribution in [2.24, 2.45) is 0 Å². The van der Waals surface area contributed by atoms with E-state index in [2.05, 4.69) is 9.80 Å². The molecule has 1 aliphatic carbocycles. The molecule has 1 N–H and O–H groups in total. The van der Waals surface area contributed by atoms with Gasteiger partial charge in [0.2, 0.25) is 0 Å². The van der Waals surface area contributed by atoms with E-state index in [9.17, 15) is 5.11 Å². The first-order valence-electron chi connectivity index (χ1n) is 7.54. The van der Waals surface area contributed by atoms with Crippen LogP contribution in [0.5, 0.6) is 5.75 Å². The number of aliphatic hydroxyl groups excluding tert-OH is 1. The molecular weight excluding hydrogens is 252 g/mol. The van der Waals surface area contributed by atoms with Crippen molar-refractivity contribution in [3.8, 4) is 5.75 Å². The number of benzene rings is 1. The molecule has 1 atom stereocenters. The number of hydrogen-bond donors (Lipinski definition) is 1. The summed E-state index contributed by atoms with van der Waals surface area (Å²) >= 11 is 0. The second-order valence-electron chi connectivity index (χ2n) is 5.86. The van der Waals surface area contributed by atoms with E-state index in [1.807, 2.05) is 24.3 Å². The van der Waals surface area contributed by atoms with Gasteiger partial charge >= 0.3 is 0 Å². The van der Waals surface area contributed by atoms with Gasteiger partial charge in [-0.1, -0.05) is 12.1 Å². The van der Waals surface area contributed by atoms with Crippen LogP contribution in [-0.2, 0) is 0 Å². The fourth-order valence-corrected chi connectivity index (χ4v) is 2.95. The van der Waals surface area contributed by atoms with E-state index >= 15 is 0 Å². The molecule has 3 rings (SSSR count). The van der Waals surface area contributed by atoms with Gasteiger partial charge in [-0.3, -0.25) is 9.80 Å². The van der Waals surface area contributed by atoms with Crippen LogP contribution in [0.2, 0.25) is 0 Å². The summed E-state index contributed by atoms with van der Waals surface area (Å²) in [5.41, 5.74) is 0.939. The van der Waals surface area contributed by atoms with Crippen molar-refractivity contribution in [3.63, 3.8) is 0 Å². The Labute approximate surface area is 120 Å². The molecule has 2 aliphatic rings. The molecule has 0 bridgehead atoms. The fraction of sp³-hybridized carbons (Fsp3) is 0.625. The van der Waals surface area contributed by atoms with E-state index in [1.165, 1.54) is 12.8 Å². The van der Waals surface area contributed by atoms with E-state index in [4.69, 9.17) is 4.74 Å². The number of aliphatic hydroxyl groups is 1. The Morgan fingerprint density at radius 3 is 2.65 bits per heavy atom. The number of piperazine rings is 1. The van der Waals surface area contributed by atoms with Gasteiger partial charge in [0.1, 0.15) is 5.75 Å². The minimum atomic E-state index is -0.433. The molecule has 0 amide bonds. The Hall–Kier alpha value is -1.10. The van der Waals surface area contributed by atoms with Gasteiger partial charge in [-0.25, -0.2) is 0 Å². The summed E-state index contributed by atoms with van der Waals surface area (Å²) < 4.78 is 5.21. The smallest absolute Gasteiger partial charge is 0.119 e. The molecule has 1 aliphatic heterocycles. The maximum atomic E-state index is 10.4. The molecule has 1 saturated heterocycles. The average Bonchev–Trinajstić information content (AvgIpc) is 3.33. The minimum Gasteiger partial charge on any atom is -0.497 e. The second-order valence-corrected chi connectivity index (χ2v) is 5.86. The lowest BCUT2D eigenvalue weighted by atomic mass is 10.1. The highest BCUT2D eigenvalue weighted by Gasteiger charge is 2.31. The topological polar surface area (TPSA) is 35.9 Å². The SMILES string of the molecule is COc1cccc(C(O)CN2CCN(C3CC3)CC2)c1. The quantitative estimate of drug-likeness (QED) is 0.884. The van der Waals surface area contributed by atoms with Crippen molar-refractivity contribution in [2.45, 2.75) is 25.0 Å². The highest BCUT2D eigenvalue weighted by molar-refractivity contribution is 5.29. The lowest BCUT2D eigenvalue weighted by Gasteiger charge is -2.35. The summed E-state index contributed by atoms with van der Waals surface area (Å²) in [4.78, 5) is 4.96. The third kappa shape index (κ3) is 3.32. The van der Waals surface area contributed by atoms with Crippen LogP contribution in [-0.4, -0.2) is 60.8 Å². The molecule has 1 saturated carbocycles. The number of nitrogens with zero attached hydrogens (tertiary/aromatic N) is 2. The van der Waals surface area contributed by atoms with Gasteiger partial charge in [-0.05, 0) is 30.5 Å². The minimum absolute atomic E-state index is 0.433. The first-order chi connectivity index (χ1) is 9.76. The Kier molecular flexibility index (Phi) is 4.24. The van der Waals surface area contributed by atoms with Crippen LogP contribution in [0.1, 0.15) is 24.5 Å². The van der Waals surface area contributed by atoms with E-state index in [-0.39, 0.29) is 0 Å². The third-order valence-corrected chi connectivity index (χ3v) is 4.38. The predicted molar refractivity (Wildman–Crippen MR) is 79.0 cm³/mol. The maximum Gasteiger partial charge on any atom is 0.119 e. The van der Waals surface area contributed by atoms with E-state index < -0.39 is 6.10 Å². The molecular formula is C16H24N2O2. The molecule has 0 spiro atoms. The molecule has 4 heteroatoms. The average molecular weight is 276 g/mol. The largest absolute Gasteiger partial charge is 0.497 e. The maximum absolute atomic E-state index is 10.4. The van der Waals surface area contributed by atoms with Crippen LogP contribution in [0.3, 0.4) is 0 Å². The number of ether oxygens (including phenoxy) is 1. The first-order valence-corrected chi connectivity index (χ1v) is 7.54. The highest BCUT2D eigenvalue weighted by Crippen LogP contribution is 2.28. The monoisotopic (exact) mass is 276 g/mol. The van der Waals surface area contributed by atoms with Gasteiger partial charge in [0.15, 0.2) is 0 Å². The standard InChI is InChI=1S/C16H24N2O2/c1-20-15-4-2-3-13(11-15)16(19)12-17-7-9-18(10-8-17)14-5-6-14/h2-4,11,14,16,19H,5-10,12H2,1H3. The molecule has 1 heterocycles. The Morgan fingerprint density at radius 2 is 2.00 bits per heavy atom. The van der Waals surface area contributed by atoms with E-state index in [1.54, 1.807) is 7.11 Å². The van der Waals surface area contributed by atoms with Crippen molar-refractivity contribution < 1.29 is 9.84 Å². The second kappa shape index (κ2) is 6.12. The van der Waals surface area contributed by atoms with Crippen LogP contribution in [0.4, 0.5) is 0 Å². The van der Waals surface area contributed by atoms with Crippen molar-refractivity contribution in [1.29, 1.82) is 0 Å². The van der Waals surface area contributed by atoms with Gasteiger partial charge in [-0.2, -0.15) is 0 Å². The van der Waals surface area contributed by atoms with Gasteiger partial charge < -0.3 is 9.84 Å². The van der Waals surface area contributed by atoms with Crippen molar-refractivity contribution >= 4 is 0 Å². The molecule has 1 unspecified atom stereocenters. The molecule has 2 fully saturated rings. The van der Waals surface area contributed by atoms with Crippen LogP contribution in [0.25, 0.3) is 0 Å². The highest BCUT2D eigenvalue weighted by atomic mass is 16.5. The van der Waals surface area contributed by atoms with E-state index in [0.717, 1.165) is 43.5 Å². The number of methoxy groups -OCH3 is 1. The summed E-state index contributed by atoms with van der Waals surface area (Å²) in [5, 5.41) is 10.4. The number of β-amino-alcohol motifs (C(OH)–C–C–N with tert-alkyl or cyclic N) is 1. The Morgan fingerprint density at radius 1 is 1.25 bits per heavy atom. The van der Waals surface area contributed by atoms with Crippen molar-refractivity contribution in [2.75, 3.05) is 39.8 Å². The lowest BCUT2D eigenvalue weighted by Crippen LogP contribution is -2.48. The van der Waals surface area contributed by atoms with Crippen molar-refractivity contribution in [1.82, 2.24) is 9.80 Å². The van der Waals surface area contributed by atoms with Gasteiger partial charge in [0.25, 0.3) is 0 Å². The van der Waals surface area contributed by atoms with Crippen LogP contribution in [0.15, 0.2) is 24.3 Å². The molecule has 1 aromatic carbocycles. The zero-order valence-corrected chi connectivity index (χ0v) is 12.2. The molecule has 1 aromatic rings. The van der Waals surface area contributed by atoms with E-state index in [0.29, 0.717) is 6.54 Å². The third-order valence-electron chi connectivity index (χ3n) is 4.38. The van der Waals surface area contributed by atoms with Gasteiger partial charge in [0, 0.05) is 38.8 Å². The van der Waals surface area contributed by atoms with Gasteiger partial charge in [-0.15, -0.1) is 0 Å². The molecule has 4 nitrogen and oxygen atoms in total. The molecule has 20 heavy (non-hydrogen) atoms. The molecule has 110 valence electrons. The molecule has 0 radical (unpaired) electrons. The normalized spacial score (nSPS) is 22.7. The fourth-order valence-electron chi connectivity index (χ4n) is 2.95. The summed E-state index contributed by atoms with van der Waals surface area (Å²) in [6.45, 7) is 5.14. The Balaban J connectivity index is 1.52. The predicted octanol–water partition coefficient (Wildman–Crippen LogP) is 1.51. The zero-order chi connectivity index (χ0) is 13.9. The molecule has 0 aromatic heterocycles.